The number of aliphatic carboxylic acids is 1. The lowest BCUT2D eigenvalue weighted by atomic mass is 9.93. The first-order chi connectivity index (χ1) is 9.69. The SMILES string of the molecule is NCCC1CCN(Cc2ccccc2CC(=O)O)CC1. The minimum atomic E-state index is -0.765. The molecule has 4 nitrogen and oxygen atoms in total. The highest BCUT2D eigenvalue weighted by Crippen LogP contribution is 2.22. The number of likely N-dealkylation sites (tertiary alicyclic amines) is 1. The van der Waals surface area contributed by atoms with Crippen molar-refractivity contribution in [3.63, 3.8) is 0 Å². The third kappa shape index (κ3) is 4.32. The van der Waals surface area contributed by atoms with Crippen LogP contribution in [0.3, 0.4) is 0 Å². The lowest BCUT2D eigenvalue weighted by molar-refractivity contribution is -0.136. The number of benzene rings is 1. The largest absolute Gasteiger partial charge is 0.481 e. The van der Waals surface area contributed by atoms with Crippen LogP contribution in [0.4, 0.5) is 0 Å². The second-order valence-corrected chi connectivity index (χ2v) is 5.64. The van der Waals surface area contributed by atoms with Crippen molar-refractivity contribution < 1.29 is 9.90 Å². The number of nitrogens with zero attached hydrogens (tertiary/aromatic N) is 1. The third-order valence-corrected chi connectivity index (χ3v) is 4.14. The normalized spacial score (nSPS) is 17.2. The van der Waals surface area contributed by atoms with E-state index in [2.05, 4.69) is 4.90 Å². The van der Waals surface area contributed by atoms with Crippen molar-refractivity contribution in [3.8, 4) is 0 Å². The van der Waals surface area contributed by atoms with Crippen LogP contribution in [0.15, 0.2) is 24.3 Å². The van der Waals surface area contributed by atoms with Gasteiger partial charge in [-0.25, -0.2) is 0 Å². The van der Waals surface area contributed by atoms with E-state index in [4.69, 9.17) is 10.8 Å². The summed E-state index contributed by atoms with van der Waals surface area (Å²) >= 11 is 0. The number of carboxylic acid groups (broad SMARTS) is 1. The quantitative estimate of drug-likeness (QED) is 0.832. The summed E-state index contributed by atoms with van der Waals surface area (Å²) in [4.78, 5) is 13.3. The zero-order valence-corrected chi connectivity index (χ0v) is 11.9. The first-order valence-corrected chi connectivity index (χ1v) is 7.40. The van der Waals surface area contributed by atoms with Crippen LogP contribution in [0, 0.1) is 5.92 Å². The van der Waals surface area contributed by atoms with Crippen LogP contribution in [0.5, 0.6) is 0 Å². The predicted octanol–water partition coefficient (Wildman–Crippen LogP) is 1.87. The lowest BCUT2D eigenvalue weighted by Crippen LogP contribution is -2.34. The molecule has 110 valence electrons. The molecular weight excluding hydrogens is 252 g/mol. The van der Waals surface area contributed by atoms with Gasteiger partial charge in [-0.2, -0.15) is 0 Å². The molecule has 3 N–H and O–H groups in total. The molecule has 1 aliphatic rings. The molecule has 2 rings (SSSR count). The molecule has 0 spiro atoms. The van der Waals surface area contributed by atoms with E-state index in [1.54, 1.807) is 0 Å². The van der Waals surface area contributed by atoms with E-state index < -0.39 is 5.97 Å². The zero-order valence-electron chi connectivity index (χ0n) is 11.9. The topological polar surface area (TPSA) is 66.6 Å². The molecule has 1 fully saturated rings. The fourth-order valence-corrected chi connectivity index (χ4v) is 2.96. The fourth-order valence-electron chi connectivity index (χ4n) is 2.96. The van der Waals surface area contributed by atoms with Gasteiger partial charge >= 0.3 is 5.97 Å². The van der Waals surface area contributed by atoms with Crippen molar-refractivity contribution in [1.29, 1.82) is 0 Å². The average Bonchev–Trinajstić information content (AvgIpc) is 2.43. The summed E-state index contributed by atoms with van der Waals surface area (Å²) in [6, 6.07) is 7.87. The summed E-state index contributed by atoms with van der Waals surface area (Å²) in [5, 5.41) is 8.97. The second kappa shape index (κ2) is 7.41. The van der Waals surface area contributed by atoms with Gasteiger partial charge in [-0.05, 0) is 55.9 Å². The maximum Gasteiger partial charge on any atom is 0.307 e. The van der Waals surface area contributed by atoms with Crippen LogP contribution in [-0.4, -0.2) is 35.6 Å². The molecule has 0 amide bonds. The van der Waals surface area contributed by atoms with Crippen molar-refractivity contribution >= 4 is 5.97 Å². The Kier molecular flexibility index (Phi) is 5.56. The van der Waals surface area contributed by atoms with E-state index in [1.165, 1.54) is 12.8 Å². The van der Waals surface area contributed by atoms with Gasteiger partial charge in [-0.1, -0.05) is 24.3 Å². The monoisotopic (exact) mass is 276 g/mol. The number of hydrogen-bond donors (Lipinski definition) is 2. The Hall–Kier alpha value is -1.39. The number of carbonyl (C=O) groups is 1. The highest BCUT2D eigenvalue weighted by Gasteiger charge is 2.19. The van der Waals surface area contributed by atoms with Crippen LogP contribution >= 0.6 is 0 Å². The smallest absolute Gasteiger partial charge is 0.307 e. The molecule has 4 heteroatoms. The average molecular weight is 276 g/mol. The number of hydrogen-bond acceptors (Lipinski definition) is 3. The first-order valence-electron chi connectivity index (χ1n) is 7.40. The number of piperidine rings is 1. The van der Waals surface area contributed by atoms with Crippen molar-refractivity contribution in [1.82, 2.24) is 4.90 Å². The molecule has 0 radical (unpaired) electrons. The molecule has 0 saturated carbocycles. The maximum atomic E-state index is 10.9. The molecule has 0 bridgehead atoms. The zero-order chi connectivity index (χ0) is 14.4. The van der Waals surface area contributed by atoms with Crippen molar-refractivity contribution in [2.75, 3.05) is 19.6 Å². The Morgan fingerprint density at radius 2 is 1.90 bits per heavy atom. The minimum Gasteiger partial charge on any atom is -0.481 e. The number of nitrogens with two attached hydrogens (primary N) is 1. The van der Waals surface area contributed by atoms with E-state index >= 15 is 0 Å². The Bertz CT molecular complexity index is 440. The third-order valence-electron chi connectivity index (χ3n) is 4.14. The standard InChI is InChI=1S/C16H24N2O2/c17-8-5-13-6-9-18(10-7-13)12-15-4-2-1-3-14(15)11-16(19)20/h1-4,13H,5-12,17H2,(H,19,20). The van der Waals surface area contributed by atoms with Crippen molar-refractivity contribution in [3.05, 3.63) is 35.4 Å². The highest BCUT2D eigenvalue weighted by molar-refractivity contribution is 5.70. The van der Waals surface area contributed by atoms with Crippen LogP contribution in [0.25, 0.3) is 0 Å². The fraction of sp³-hybridized carbons (Fsp3) is 0.562. The predicted molar refractivity (Wildman–Crippen MR) is 79.5 cm³/mol. The molecule has 1 aliphatic heterocycles. The number of carboxylic acids is 1. The Morgan fingerprint density at radius 1 is 1.25 bits per heavy atom. The van der Waals surface area contributed by atoms with Gasteiger partial charge in [0, 0.05) is 6.54 Å². The molecule has 1 saturated heterocycles. The van der Waals surface area contributed by atoms with Crippen LogP contribution in [0.1, 0.15) is 30.4 Å². The van der Waals surface area contributed by atoms with Crippen molar-refractivity contribution in [2.45, 2.75) is 32.2 Å². The van der Waals surface area contributed by atoms with Gasteiger partial charge in [0.05, 0.1) is 6.42 Å². The molecule has 0 aliphatic carbocycles. The Labute approximate surface area is 120 Å². The molecular formula is C16H24N2O2. The van der Waals surface area contributed by atoms with Gasteiger partial charge in [0.2, 0.25) is 0 Å². The Balaban J connectivity index is 1.92. The summed E-state index contributed by atoms with van der Waals surface area (Å²) in [5.74, 6) is 0.00428. The summed E-state index contributed by atoms with van der Waals surface area (Å²) in [7, 11) is 0. The van der Waals surface area contributed by atoms with E-state index in [-0.39, 0.29) is 6.42 Å². The first kappa shape index (κ1) is 15.0. The van der Waals surface area contributed by atoms with Gasteiger partial charge in [-0.3, -0.25) is 9.69 Å². The van der Waals surface area contributed by atoms with Crippen LogP contribution in [0.2, 0.25) is 0 Å². The lowest BCUT2D eigenvalue weighted by Gasteiger charge is -2.32. The summed E-state index contributed by atoms with van der Waals surface area (Å²) < 4.78 is 0. The van der Waals surface area contributed by atoms with E-state index in [1.807, 2.05) is 24.3 Å². The van der Waals surface area contributed by atoms with Crippen molar-refractivity contribution in [2.24, 2.45) is 11.7 Å². The van der Waals surface area contributed by atoms with E-state index in [9.17, 15) is 4.79 Å². The van der Waals surface area contributed by atoms with E-state index in [0.717, 1.165) is 49.6 Å². The number of rotatable bonds is 6. The summed E-state index contributed by atoms with van der Waals surface area (Å²) in [5.41, 5.74) is 7.69. The van der Waals surface area contributed by atoms with Gasteiger partial charge in [0.1, 0.15) is 0 Å². The molecule has 0 atom stereocenters. The van der Waals surface area contributed by atoms with Crippen LogP contribution < -0.4 is 5.73 Å². The highest BCUT2D eigenvalue weighted by atomic mass is 16.4. The summed E-state index contributed by atoms with van der Waals surface area (Å²) in [6.07, 6.45) is 3.65. The summed E-state index contributed by atoms with van der Waals surface area (Å²) in [6.45, 7) is 3.82. The molecule has 20 heavy (non-hydrogen) atoms. The molecule has 1 aromatic carbocycles. The van der Waals surface area contributed by atoms with Crippen LogP contribution in [-0.2, 0) is 17.8 Å². The van der Waals surface area contributed by atoms with Gasteiger partial charge < -0.3 is 10.8 Å². The molecule has 0 aromatic heterocycles. The molecule has 1 heterocycles. The van der Waals surface area contributed by atoms with Gasteiger partial charge in [0.25, 0.3) is 0 Å². The van der Waals surface area contributed by atoms with E-state index in [0.29, 0.717) is 0 Å². The van der Waals surface area contributed by atoms with Gasteiger partial charge in [0.15, 0.2) is 0 Å². The minimum absolute atomic E-state index is 0.111. The second-order valence-electron chi connectivity index (χ2n) is 5.64. The Morgan fingerprint density at radius 3 is 2.50 bits per heavy atom. The molecule has 1 aromatic rings. The molecule has 0 unspecified atom stereocenters. The van der Waals surface area contributed by atoms with Gasteiger partial charge in [-0.15, -0.1) is 0 Å². The maximum absolute atomic E-state index is 10.9.